The Labute approximate surface area is 118 Å². The molecule has 0 spiro atoms. The van der Waals surface area contributed by atoms with Crippen molar-refractivity contribution < 1.29 is 18.9 Å². The van der Waals surface area contributed by atoms with E-state index >= 15 is 0 Å². The fourth-order valence-corrected chi connectivity index (χ4v) is 2.14. The lowest BCUT2D eigenvalue weighted by Crippen LogP contribution is -2.09. The summed E-state index contributed by atoms with van der Waals surface area (Å²) in [6.45, 7) is 2.31. The molecule has 0 bridgehead atoms. The molecule has 4 heteroatoms. The van der Waals surface area contributed by atoms with Crippen LogP contribution in [0.3, 0.4) is 0 Å². The van der Waals surface area contributed by atoms with E-state index in [1.165, 1.54) is 0 Å². The third kappa shape index (κ3) is 3.35. The van der Waals surface area contributed by atoms with Crippen LogP contribution in [0.2, 0.25) is 0 Å². The van der Waals surface area contributed by atoms with Crippen molar-refractivity contribution in [1.29, 1.82) is 0 Å². The van der Waals surface area contributed by atoms with Gasteiger partial charge in [-0.2, -0.15) is 0 Å². The van der Waals surface area contributed by atoms with Crippen LogP contribution in [0.25, 0.3) is 0 Å². The molecule has 1 aromatic carbocycles. The molecule has 2 aliphatic rings. The summed E-state index contributed by atoms with van der Waals surface area (Å²) < 4.78 is 22.5. The molecule has 106 valence electrons. The molecule has 2 heterocycles. The Balaban J connectivity index is 1.67. The molecule has 0 saturated heterocycles. The Morgan fingerprint density at radius 3 is 1.15 bits per heavy atom. The summed E-state index contributed by atoms with van der Waals surface area (Å²) in [5.41, 5.74) is 2.01. The first kappa shape index (κ1) is 13.5. The predicted octanol–water partition coefficient (Wildman–Crippen LogP) is 2.89. The van der Waals surface area contributed by atoms with E-state index in [9.17, 15) is 0 Å². The molecule has 3 rings (SSSR count). The summed E-state index contributed by atoms with van der Waals surface area (Å²) in [5.74, 6) is 0. The van der Waals surface area contributed by atoms with Crippen LogP contribution < -0.4 is 0 Å². The molecule has 0 aliphatic carbocycles. The van der Waals surface area contributed by atoms with Crippen molar-refractivity contribution in [2.75, 3.05) is 26.4 Å². The lowest BCUT2D eigenvalue weighted by Gasteiger charge is -2.18. The van der Waals surface area contributed by atoms with Crippen molar-refractivity contribution in [1.82, 2.24) is 0 Å². The van der Waals surface area contributed by atoms with Crippen LogP contribution in [-0.2, 0) is 18.9 Å². The zero-order valence-electron chi connectivity index (χ0n) is 11.2. The number of hydrogen-bond acceptors (Lipinski definition) is 4. The maximum absolute atomic E-state index is 5.61. The molecule has 4 nitrogen and oxygen atoms in total. The highest BCUT2D eigenvalue weighted by Gasteiger charge is 2.16. The minimum atomic E-state index is -0.309. The molecule has 0 aromatic heterocycles. The van der Waals surface area contributed by atoms with E-state index in [1.807, 2.05) is 48.6 Å². The smallest absolute Gasteiger partial charge is 0.184 e. The summed E-state index contributed by atoms with van der Waals surface area (Å²) in [6, 6.07) is 7.99. The quantitative estimate of drug-likeness (QED) is 0.777. The van der Waals surface area contributed by atoms with Crippen molar-refractivity contribution in [2.45, 2.75) is 12.6 Å². The zero-order chi connectivity index (χ0) is 13.6. The van der Waals surface area contributed by atoms with Gasteiger partial charge in [0, 0.05) is 11.1 Å². The molecule has 20 heavy (non-hydrogen) atoms. The lowest BCUT2D eigenvalue weighted by atomic mass is 10.1. The Bertz CT molecular complexity index is 413. The average molecular weight is 274 g/mol. The van der Waals surface area contributed by atoms with Gasteiger partial charge in [-0.15, -0.1) is 0 Å². The van der Waals surface area contributed by atoms with Crippen molar-refractivity contribution >= 4 is 0 Å². The van der Waals surface area contributed by atoms with Crippen LogP contribution in [-0.4, -0.2) is 26.4 Å². The molecular formula is C16H18O4. The fourth-order valence-electron chi connectivity index (χ4n) is 2.14. The third-order valence-electron chi connectivity index (χ3n) is 3.19. The van der Waals surface area contributed by atoms with Gasteiger partial charge in [-0.25, -0.2) is 0 Å². The third-order valence-corrected chi connectivity index (χ3v) is 3.19. The first-order chi connectivity index (χ1) is 9.93. The summed E-state index contributed by atoms with van der Waals surface area (Å²) >= 11 is 0. The van der Waals surface area contributed by atoms with E-state index in [1.54, 1.807) is 0 Å². The Morgan fingerprint density at radius 1 is 0.550 bits per heavy atom. The molecule has 0 N–H and O–H groups in total. The number of benzene rings is 1. The van der Waals surface area contributed by atoms with E-state index in [-0.39, 0.29) is 12.6 Å². The van der Waals surface area contributed by atoms with E-state index in [4.69, 9.17) is 18.9 Å². The van der Waals surface area contributed by atoms with Gasteiger partial charge in [0.1, 0.15) is 0 Å². The van der Waals surface area contributed by atoms with E-state index in [0.29, 0.717) is 26.4 Å². The standard InChI is InChI=1S/C16H18O4/c1-2-10-18-15(17-9-1)13-5-7-14(8-6-13)16-19-11-3-4-12-20-16/h1-8,15-16H,9-12H2. The van der Waals surface area contributed by atoms with E-state index in [0.717, 1.165) is 11.1 Å². The van der Waals surface area contributed by atoms with Gasteiger partial charge >= 0.3 is 0 Å². The molecule has 0 unspecified atom stereocenters. The molecule has 0 saturated carbocycles. The summed E-state index contributed by atoms with van der Waals surface area (Å²) in [4.78, 5) is 0. The Morgan fingerprint density at radius 2 is 0.850 bits per heavy atom. The molecule has 1 aromatic rings. The number of rotatable bonds is 2. The van der Waals surface area contributed by atoms with Gasteiger partial charge in [-0.3, -0.25) is 0 Å². The highest BCUT2D eigenvalue weighted by atomic mass is 16.7. The van der Waals surface area contributed by atoms with Crippen molar-refractivity contribution in [3.05, 3.63) is 59.7 Å². The Hall–Kier alpha value is -1.46. The van der Waals surface area contributed by atoms with Gasteiger partial charge in [0.25, 0.3) is 0 Å². The van der Waals surface area contributed by atoms with Crippen LogP contribution in [0, 0.1) is 0 Å². The van der Waals surface area contributed by atoms with Crippen LogP contribution >= 0.6 is 0 Å². The molecular weight excluding hydrogens is 256 g/mol. The molecule has 0 amide bonds. The number of ether oxygens (including phenoxy) is 4. The second-order valence-corrected chi connectivity index (χ2v) is 4.61. The van der Waals surface area contributed by atoms with Crippen LogP contribution in [0.1, 0.15) is 23.7 Å². The molecule has 0 atom stereocenters. The normalized spacial score (nSPS) is 21.6. The van der Waals surface area contributed by atoms with Crippen LogP contribution in [0.15, 0.2) is 48.6 Å². The van der Waals surface area contributed by atoms with Gasteiger partial charge in [0.05, 0.1) is 26.4 Å². The predicted molar refractivity (Wildman–Crippen MR) is 74.0 cm³/mol. The molecule has 0 fully saturated rings. The summed E-state index contributed by atoms with van der Waals surface area (Å²) in [6.07, 6.45) is 7.25. The van der Waals surface area contributed by atoms with Gasteiger partial charge in [-0.05, 0) is 0 Å². The van der Waals surface area contributed by atoms with E-state index in [2.05, 4.69) is 0 Å². The second-order valence-electron chi connectivity index (χ2n) is 4.61. The van der Waals surface area contributed by atoms with Crippen molar-refractivity contribution in [3.63, 3.8) is 0 Å². The largest absolute Gasteiger partial charge is 0.344 e. The minimum Gasteiger partial charge on any atom is -0.344 e. The topological polar surface area (TPSA) is 36.9 Å². The highest BCUT2D eigenvalue weighted by molar-refractivity contribution is 5.24. The zero-order valence-corrected chi connectivity index (χ0v) is 11.2. The van der Waals surface area contributed by atoms with Gasteiger partial charge in [0.2, 0.25) is 0 Å². The monoisotopic (exact) mass is 274 g/mol. The van der Waals surface area contributed by atoms with Crippen LogP contribution in [0.4, 0.5) is 0 Å². The summed E-state index contributed by atoms with van der Waals surface area (Å²) in [7, 11) is 0. The molecule has 0 radical (unpaired) electrons. The SMILES string of the molecule is C1=CCOC(c2ccc(C3OCC=CCO3)cc2)OC1. The van der Waals surface area contributed by atoms with Crippen molar-refractivity contribution in [2.24, 2.45) is 0 Å². The first-order valence-electron chi connectivity index (χ1n) is 6.80. The molecule has 2 aliphatic heterocycles. The summed E-state index contributed by atoms with van der Waals surface area (Å²) in [5, 5.41) is 0. The van der Waals surface area contributed by atoms with Gasteiger partial charge < -0.3 is 18.9 Å². The van der Waals surface area contributed by atoms with Gasteiger partial charge in [0.15, 0.2) is 12.6 Å². The number of hydrogen-bond donors (Lipinski definition) is 0. The maximum atomic E-state index is 5.61. The Kier molecular flexibility index (Phi) is 4.61. The highest BCUT2D eigenvalue weighted by Crippen LogP contribution is 2.25. The second kappa shape index (κ2) is 6.81. The van der Waals surface area contributed by atoms with Gasteiger partial charge in [-0.1, -0.05) is 48.6 Å². The van der Waals surface area contributed by atoms with Crippen molar-refractivity contribution in [3.8, 4) is 0 Å². The van der Waals surface area contributed by atoms with Crippen LogP contribution in [0.5, 0.6) is 0 Å². The fraction of sp³-hybridized carbons (Fsp3) is 0.375. The first-order valence-corrected chi connectivity index (χ1v) is 6.80. The maximum Gasteiger partial charge on any atom is 0.184 e. The lowest BCUT2D eigenvalue weighted by molar-refractivity contribution is -0.128. The minimum absolute atomic E-state index is 0.309. The van der Waals surface area contributed by atoms with E-state index < -0.39 is 0 Å². The average Bonchev–Trinajstić information content (AvgIpc) is 2.92.